The maximum absolute atomic E-state index is 12.9. The number of likely N-dealkylation sites (N-methyl/N-ethyl adjacent to an activating group) is 1. The molecule has 9 heteroatoms. The van der Waals surface area contributed by atoms with E-state index in [2.05, 4.69) is 22.2 Å². The Labute approximate surface area is 226 Å². The van der Waals surface area contributed by atoms with E-state index >= 15 is 0 Å². The summed E-state index contributed by atoms with van der Waals surface area (Å²) in [6, 6.07) is 25.1. The quantitative estimate of drug-likeness (QED) is 0.211. The molecule has 1 atom stereocenters. The summed E-state index contributed by atoms with van der Waals surface area (Å²) in [7, 11) is 2.12. The van der Waals surface area contributed by atoms with Crippen molar-refractivity contribution >= 4 is 44.7 Å². The number of hydrogen-bond donors (Lipinski definition) is 3. The highest BCUT2D eigenvalue weighted by molar-refractivity contribution is 7.20. The molecule has 1 saturated heterocycles. The normalized spacial score (nSPS) is 14.7. The summed E-state index contributed by atoms with van der Waals surface area (Å²) in [5, 5.41) is 11.6. The molecule has 0 bridgehead atoms. The highest BCUT2D eigenvalue weighted by Gasteiger charge is 2.21. The summed E-state index contributed by atoms with van der Waals surface area (Å²) >= 11 is 1.44. The Kier molecular flexibility index (Phi) is 7.76. The highest BCUT2D eigenvalue weighted by atomic mass is 32.1. The highest BCUT2D eigenvalue weighted by Crippen LogP contribution is 2.35. The molecular weight excluding hydrogens is 498 g/mol. The predicted molar refractivity (Wildman–Crippen MR) is 154 cm³/mol. The number of nitrogens with zero attached hydrogens (tertiary/aromatic N) is 2. The van der Waals surface area contributed by atoms with Crippen LogP contribution in [0.3, 0.4) is 0 Å². The molecule has 1 unspecified atom stereocenters. The first-order chi connectivity index (χ1) is 18.5. The minimum atomic E-state index is -0.538. The molecule has 1 fully saturated rings. The first-order valence-corrected chi connectivity index (χ1v) is 13.3. The minimum Gasteiger partial charge on any atom is -0.481 e. The molecule has 1 aliphatic heterocycles. The Balaban J connectivity index is 1.31. The third kappa shape index (κ3) is 5.90. The molecule has 196 valence electrons. The molecule has 8 nitrogen and oxygen atoms in total. The van der Waals surface area contributed by atoms with Gasteiger partial charge in [0.1, 0.15) is 18.2 Å². The number of nitrogen functional groups attached to an aromatic ring is 1. The summed E-state index contributed by atoms with van der Waals surface area (Å²) in [5.41, 5.74) is 8.30. The topological polar surface area (TPSA) is 104 Å². The number of ether oxygens (including phenoxy) is 2. The van der Waals surface area contributed by atoms with Gasteiger partial charge in [0.05, 0.1) is 16.3 Å². The van der Waals surface area contributed by atoms with E-state index < -0.39 is 12.2 Å². The van der Waals surface area contributed by atoms with Crippen LogP contribution in [0.4, 0.5) is 16.2 Å². The van der Waals surface area contributed by atoms with Crippen LogP contribution in [-0.2, 0) is 4.74 Å². The van der Waals surface area contributed by atoms with E-state index in [1.54, 1.807) is 0 Å². The van der Waals surface area contributed by atoms with Crippen molar-refractivity contribution in [2.75, 3.05) is 50.1 Å². The van der Waals surface area contributed by atoms with E-state index in [0.29, 0.717) is 10.6 Å². The van der Waals surface area contributed by atoms with Crippen LogP contribution in [0.15, 0.2) is 78.9 Å². The lowest BCUT2D eigenvalue weighted by Crippen LogP contribution is -2.44. The van der Waals surface area contributed by atoms with Crippen molar-refractivity contribution in [2.24, 2.45) is 5.73 Å². The maximum Gasteiger partial charge on any atom is 0.411 e. The number of anilines is 2. The SMILES string of the molecule is CN1CCN(c2ccccc2NC(=O)OCC(Oc2cccc3sc(C(=N)N)cc23)c2ccccc2)CC1. The van der Waals surface area contributed by atoms with E-state index in [4.69, 9.17) is 20.6 Å². The third-order valence-corrected chi connectivity index (χ3v) is 7.71. The van der Waals surface area contributed by atoms with Crippen molar-refractivity contribution in [3.8, 4) is 5.75 Å². The summed E-state index contributed by atoms with van der Waals surface area (Å²) in [6.07, 6.45) is -1.06. The average Bonchev–Trinajstić information content (AvgIpc) is 3.38. The average molecular weight is 530 g/mol. The van der Waals surface area contributed by atoms with E-state index in [9.17, 15) is 4.79 Å². The van der Waals surface area contributed by atoms with Gasteiger partial charge < -0.3 is 25.0 Å². The van der Waals surface area contributed by atoms with Crippen molar-refractivity contribution < 1.29 is 14.3 Å². The Morgan fingerprint density at radius 2 is 1.76 bits per heavy atom. The van der Waals surface area contributed by atoms with E-state index in [1.165, 1.54) is 11.3 Å². The first kappa shape index (κ1) is 25.6. The number of nitrogens with two attached hydrogens (primary N) is 1. The van der Waals surface area contributed by atoms with Gasteiger partial charge in [-0.1, -0.05) is 48.5 Å². The molecule has 38 heavy (non-hydrogen) atoms. The first-order valence-electron chi connectivity index (χ1n) is 12.5. The lowest BCUT2D eigenvalue weighted by molar-refractivity contribution is 0.0910. The molecule has 1 aliphatic rings. The van der Waals surface area contributed by atoms with Gasteiger partial charge >= 0.3 is 6.09 Å². The zero-order valence-corrected chi connectivity index (χ0v) is 22.0. The molecule has 0 radical (unpaired) electrons. The maximum atomic E-state index is 12.9. The Morgan fingerprint density at radius 1 is 1.03 bits per heavy atom. The van der Waals surface area contributed by atoms with Gasteiger partial charge in [-0.25, -0.2) is 4.79 Å². The molecule has 5 rings (SSSR count). The third-order valence-electron chi connectivity index (χ3n) is 6.58. The van der Waals surface area contributed by atoms with Gasteiger partial charge in [0, 0.05) is 36.3 Å². The fourth-order valence-electron chi connectivity index (χ4n) is 4.49. The summed E-state index contributed by atoms with van der Waals surface area (Å²) in [4.78, 5) is 18.2. The lowest BCUT2D eigenvalue weighted by atomic mass is 10.1. The van der Waals surface area contributed by atoms with E-state index in [1.807, 2.05) is 78.9 Å². The molecule has 1 aromatic heterocycles. The number of fused-ring (bicyclic) bond motifs is 1. The Hall–Kier alpha value is -4.08. The fourth-order valence-corrected chi connectivity index (χ4v) is 5.43. The van der Waals surface area contributed by atoms with Crippen LogP contribution in [0.1, 0.15) is 16.5 Å². The van der Waals surface area contributed by atoms with Gasteiger partial charge in [-0.05, 0) is 42.9 Å². The number of amides is 1. The minimum absolute atomic E-state index is 0.0204. The molecule has 1 amide bonds. The van der Waals surface area contributed by atoms with Crippen molar-refractivity contribution in [2.45, 2.75) is 6.10 Å². The molecule has 2 heterocycles. The van der Waals surface area contributed by atoms with Crippen molar-refractivity contribution in [3.05, 3.63) is 89.3 Å². The number of benzene rings is 3. The standard InChI is InChI=1S/C29H31N5O3S/c1-33-14-16-34(17-15-33)23-11-6-5-10-22(23)32-29(35)36-19-25(20-8-3-2-4-9-20)37-24-12-7-13-26-21(24)18-27(38-26)28(30)31/h2-13,18,25H,14-17,19H2,1H3,(H3,30,31)(H,32,35). The number of piperazine rings is 1. The van der Waals surface area contributed by atoms with E-state index in [-0.39, 0.29) is 12.4 Å². The Bertz CT molecular complexity index is 1420. The van der Waals surface area contributed by atoms with Crippen LogP contribution >= 0.6 is 11.3 Å². The molecule has 4 aromatic rings. The largest absolute Gasteiger partial charge is 0.481 e. The van der Waals surface area contributed by atoms with Gasteiger partial charge in [-0.15, -0.1) is 11.3 Å². The second-order valence-electron chi connectivity index (χ2n) is 9.24. The number of para-hydroxylation sites is 2. The second-order valence-corrected chi connectivity index (χ2v) is 10.3. The summed E-state index contributed by atoms with van der Waals surface area (Å²) in [6.45, 7) is 3.76. The fraction of sp³-hybridized carbons (Fsp3) is 0.241. The molecule has 4 N–H and O–H groups in total. The zero-order chi connectivity index (χ0) is 26.5. The predicted octanol–water partition coefficient (Wildman–Crippen LogP) is 5.31. The van der Waals surface area contributed by atoms with Crippen LogP contribution in [-0.4, -0.2) is 56.7 Å². The number of rotatable bonds is 8. The van der Waals surface area contributed by atoms with Gasteiger partial charge in [-0.3, -0.25) is 10.7 Å². The van der Waals surface area contributed by atoms with E-state index in [0.717, 1.165) is 53.2 Å². The van der Waals surface area contributed by atoms with Gasteiger partial charge in [0.2, 0.25) is 0 Å². The number of amidine groups is 1. The summed E-state index contributed by atoms with van der Waals surface area (Å²) in [5.74, 6) is 0.665. The van der Waals surface area contributed by atoms with Gasteiger partial charge in [-0.2, -0.15) is 0 Å². The summed E-state index contributed by atoms with van der Waals surface area (Å²) < 4.78 is 13.1. The van der Waals surface area contributed by atoms with Crippen molar-refractivity contribution in [1.29, 1.82) is 5.41 Å². The lowest BCUT2D eigenvalue weighted by Gasteiger charge is -2.35. The smallest absolute Gasteiger partial charge is 0.411 e. The molecule has 0 aliphatic carbocycles. The zero-order valence-electron chi connectivity index (χ0n) is 21.2. The van der Waals surface area contributed by atoms with Crippen LogP contribution in [0, 0.1) is 5.41 Å². The van der Waals surface area contributed by atoms with Gasteiger partial charge in [0.25, 0.3) is 0 Å². The van der Waals surface area contributed by atoms with Crippen molar-refractivity contribution in [3.63, 3.8) is 0 Å². The number of carbonyl (C=O) groups excluding carboxylic acids is 1. The molecule has 3 aromatic carbocycles. The molecular formula is C29H31N5O3S. The van der Waals surface area contributed by atoms with Crippen LogP contribution in [0.2, 0.25) is 0 Å². The van der Waals surface area contributed by atoms with Crippen LogP contribution in [0.25, 0.3) is 10.1 Å². The second kappa shape index (κ2) is 11.5. The monoisotopic (exact) mass is 529 g/mol. The Morgan fingerprint density at radius 3 is 2.53 bits per heavy atom. The molecule has 0 saturated carbocycles. The number of thiophene rings is 1. The number of hydrogen-bond acceptors (Lipinski definition) is 7. The van der Waals surface area contributed by atoms with Crippen LogP contribution < -0.4 is 20.7 Å². The van der Waals surface area contributed by atoms with Crippen molar-refractivity contribution in [1.82, 2.24) is 4.90 Å². The van der Waals surface area contributed by atoms with Gasteiger partial charge in [0.15, 0.2) is 6.10 Å². The van der Waals surface area contributed by atoms with Crippen LogP contribution in [0.5, 0.6) is 5.75 Å². The molecule has 0 spiro atoms. The number of nitrogens with one attached hydrogen (secondary N) is 2. The number of carbonyl (C=O) groups is 1.